The third-order valence-corrected chi connectivity index (χ3v) is 8.70. The number of furan rings is 1. The lowest BCUT2D eigenvalue weighted by molar-refractivity contribution is -0.132. The lowest BCUT2D eigenvalue weighted by Crippen LogP contribution is -2.50. The summed E-state index contributed by atoms with van der Waals surface area (Å²) in [6.45, 7) is 3.33. The lowest BCUT2D eigenvalue weighted by atomic mass is 9.85. The maximum atomic E-state index is 13.5. The number of nitrogens with two attached hydrogens (primary N) is 1. The predicted octanol–water partition coefficient (Wildman–Crippen LogP) is 1.71. The van der Waals surface area contributed by atoms with Crippen LogP contribution in [0.15, 0.2) is 71.3 Å². The van der Waals surface area contributed by atoms with Gasteiger partial charge in [0.2, 0.25) is 35.4 Å². The predicted molar refractivity (Wildman–Crippen MR) is 185 cm³/mol. The van der Waals surface area contributed by atoms with Crippen molar-refractivity contribution in [2.24, 2.45) is 11.7 Å². The Morgan fingerprint density at radius 1 is 0.760 bits per heavy atom. The number of carbonyl (C=O) groups excluding carboxylic acids is 6. The first-order valence-corrected chi connectivity index (χ1v) is 16.8. The van der Waals surface area contributed by atoms with Crippen LogP contribution >= 0.6 is 0 Å². The van der Waals surface area contributed by atoms with Crippen LogP contribution in [0.25, 0.3) is 0 Å². The Labute approximate surface area is 291 Å². The molecule has 1 aromatic heterocycles. The largest absolute Gasteiger partial charge is 0.469 e. The second-order valence-electron chi connectivity index (χ2n) is 12.7. The fourth-order valence-corrected chi connectivity index (χ4v) is 6.09. The van der Waals surface area contributed by atoms with Crippen molar-refractivity contribution in [1.82, 2.24) is 26.6 Å². The van der Waals surface area contributed by atoms with Crippen molar-refractivity contribution in [2.75, 3.05) is 0 Å². The summed E-state index contributed by atoms with van der Waals surface area (Å²) < 4.78 is 5.47. The maximum Gasteiger partial charge on any atom is 0.243 e. The molecule has 13 heteroatoms. The number of benzene rings is 2. The van der Waals surface area contributed by atoms with Gasteiger partial charge in [-0.3, -0.25) is 28.8 Å². The summed E-state index contributed by atoms with van der Waals surface area (Å²) >= 11 is 0. The molecule has 0 bridgehead atoms. The van der Waals surface area contributed by atoms with E-state index in [-0.39, 0.29) is 55.5 Å². The van der Waals surface area contributed by atoms with E-state index >= 15 is 0 Å². The second kappa shape index (κ2) is 18.3. The maximum absolute atomic E-state index is 13.5. The van der Waals surface area contributed by atoms with Gasteiger partial charge in [0, 0.05) is 51.7 Å². The molecule has 2 aromatic carbocycles. The molecule has 0 spiro atoms. The molecular formula is C37H46N6O7. The summed E-state index contributed by atoms with van der Waals surface area (Å²) in [5, 5.41) is 14.2. The third-order valence-electron chi connectivity index (χ3n) is 8.70. The van der Waals surface area contributed by atoms with Gasteiger partial charge in [-0.1, -0.05) is 48.5 Å². The van der Waals surface area contributed by atoms with Gasteiger partial charge in [0.25, 0.3) is 0 Å². The number of nitrogens with one attached hydrogen (secondary N) is 5. The Kier molecular flexibility index (Phi) is 13.7. The number of amides is 6. The van der Waals surface area contributed by atoms with Crippen LogP contribution in [-0.2, 0) is 61.1 Å². The lowest BCUT2D eigenvalue weighted by Gasteiger charge is -2.29. The van der Waals surface area contributed by atoms with E-state index in [1.54, 1.807) is 36.4 Å². The molecule has 1 aliphatic rings. The number of hydrogen-bond acceptors (Lipinski definition) is 7. The van der Waals surface area contributed by atoms with Crippen molar-refractivity contribution in [3.05, 3.63) is 94.9 Å². The highest BCUT2D eigenvalue weighted by atomic mass is 16.3. The average Bonchev–Trinajstić information content (AvgIpc) is 3.59. The van der Waals surface area contributed by atoms with E-state index in [1.165, 1.54) is 20.1 Å². The average molecular weight is 687 g/mol. The summed E-state index contributed by atoms with van der Waals surface area (Å²) in [5.41, 5.74) is 8.60. The second-order valence-corrected chi connectivity index (χ2v) is 12.7. The highest BCUT2D eigenvalue weighted by Gasteiger charge is 2.30. The molecule has 1 aliphatic carbocycles. The van der Waals surface area contributed by atoms with E-state index in [1.807, 2.05) is 24.3 Å². The van der Waals surface area contributed by atoms with Crippen molar-refractivity contribution in [1.29, 1.82) is 0 Å². The Balaban J connectivity index is 1.35. The molecule has 6 amide bonds. The van der Waals surface area contributed by atoms with Gasteiger partial charge in [-0.2, -0.15) is 0 Å². The number of carbonyl (C=O) groups is 6. The van der Waals surface area contributed by atoms with Gasteiger partial charge >= 0.3 is 0 Å². The van der Waals surface area contributed by atoms with Crippen molar-refractivity contribution in [3.8, 4) is 0 Å². The number of primary amides is 1. The van der Waals surface area contributed by atoms with Crippen molar-refractivity contribution < 1.29 is 33.2 Å². The normalized spacial score (nSPS) is 16.7. The molecule has 0 aliphatic heterocycles. The molecule has 4 rings (SSSR count). The van der Waals surface area contributed by atoms with Gasteiger partial charge in [0.05, 0.1) is 12.7 Å². The summed E-state index contributed by atoms with van der Waals surface area (Å²) in [4.78, 5) is 74.9. The quantitative estimate of drug-likeness (QED) is 0.132. The Bertz CT molecular complexity index is 1650. The first-order chi connectivity index (χ1) is 24.0. The van der Waals surface area contributed by atoms with Crippen LogP contribution in [0.2, 0.25) is 0 Å². The molecule has 50 heavy (non-hydrogen) atoms. The zero-order valence-electron chi connectivity index (χ0n) is 28.5. The van der Waals surface area contributed by atoms with E-state index in [2.05, 4.69) is 26.6 Å². The molecule has 266 valence electrons. The minimum Gasteiger partial charge on any atom is -0.469 e. The Hall–Kier alpha value is -5.46. The highest BCUT2D eigenvalue weighted by molar-refractivity contribution is 5.89. The topological polar surface area (TPSA) is 202 Å². The Morgan fingerprint density at radius 2 is 1.48 bits per heavy atom. The minimum atomic E-state index is -0.961. The van der Waals surface area contributed by atoms with Crippen LogP contribution in [0.5, 0.6) is 0 Å². The molecule has 1 fully saturated rings. The molecule has 7 N–H and O–H groups in total. The van der Waals surface area contributed by atoms with Crippen molar-refractivity contribution in [2.45, 2.75) is 90.0 Å². The zero-order valence-corrected chi connectivity index (χ0v) is 28.5. The first-order valence-electron chi connectivity index (χ1n) is 16.8. The molecule has 0 unspecified atom stereocenters. The van der Waals surface area contributed by atoms with Gasteiger partial charge in [-0.15, -0.1) is 0 Å². The third kappa shape index (κ3) is 11.9. The van der Waals surface area contributed by atoms with Gasteiger partial charge in [0.15, 0.2) is 0 Å². The standard InChI is InChI=1S/C37H46N6O7/c1-23(44)39-21-26-8-5-7-25(17-26)18-32(35(38)47)42-34(46)19-28-9-3-4-10-29(28)22-40-37(49)33(20-31-11-6-16-50-31)43-36(48)27-12-14-30(15-13-27)41-24(2)45/h3-11,16-17,27,30,32-33H,12-15,18-22H2,1-2H3,(H2,38,47)(H,39,44)(H,40,49)(H,41,45)(H,42,46)(H,43,48)/t27-,30+,32-,33-/m0/s1. The van der Waals surface area contributed by atoms with E-state index < -0.39 is 29.8 Å². The molecule has 3 aromatic rings. The monoisotopic (exact) mass is 686 g/mol. The number of rotatable bonds is 16. The van der Waals surface area contributed by atoms with E-state index in [4.69, 9.17) is 10.2 Å². The SMILES string of the molecule is CC(=O)NCc1cccc(C[C@H](NC(=O)Cc2ccccc2CNC(=O)[C@H](Cc2ccco2)NC(=O)[C@H]2CC[C@@H](NC(C)=O)CC2)C(N)=O)c1. The summed E-state index contributed by atoms with van der Waals surface area (Å²) in [6.07, 6.45) is 4.34. The van der Waals surface area contributed by atoms with Crippen LogP contribution in [0.3, 0.4) is 0 Å². The molecule has 13 nitrogen and oxygen atoms in total. The number of hydrogen-bond donors (Lipinski definition) is 6. The Morgan fingerprint density at radius 3 is 2.14 bits per heavy atom. The summed E-state index contributed by atoms with van der Waals surface area (Å²) in [7, 11) is 0. The van der Waals surface area contributed by atoms with Gasteiger partial charge < -0.3 is 36.7 Å². The fourth-order valence-electron chi connectivity index (χ4n) is 6.09. The van der Waals surface area contributed by atoms with E-state index in [0.29, 0.717) is 49.1 Å². The van der Waals surface area contributed by atoms with Crippen molar-refractivity contribution in [3.63, 3.8) is 0 Å². The van der Waals surface area contributed by atoms with E-state index in [0.717, 1.165) is 11.1 Å². The minimum absolute atomic E-state index is 0.0433. The first kappa shape index (κ1) is 37.4. The van der Waals surface area contributed by atoms with Crippen LogP contribution in [0.4, 0.5) is 0 Å². The van der Waals surface area contributed by atoms with Gasteiger partial charge in [-0.25, -0.2) is 0 Å². The highest BCUT2D eigenvalue weighted by Crippen LogP contribution is 2.25. The smallest absolute Gasteiger partial charge is 0.243 e. The molecule has 0 radical (unpaired) electrons. The molecule has 2 atom stereocenters. The van der Waals surface area contributed by atoms with Gasteiger partial charge in [-0.05, 0) is 60.1 Å². The van der Waals surface area contributed by atoms with Crippen LogP contribution < -0.4 is 32.3 Å². The van der Waals surface area contributed by atoms with Crippen LogP contribution in [0.1, 0.15) is 67.5 Å². The molecule has 0 saturated heterocycles. The van der Waals surface area contributed by atoms with Gasteiger partial charge in [0.1, 0.15) is 17.8 Å². The summed E-state index contributed by atoms with van der Waals surface area (Å²) in [6, 6.07) is 16.1. The fraction of sp³-hybridized carbons (Fsp3) is 0.405. The molecular weight excluding hydrogens is 640 g/mol. The van der Waals surface area contributed by atoms with Crippen molar-refractivity contribution >= 4 is 35.4 Å². The van der Waals surface area contributed by atoms with Crippen LogP contribution in [-0.4, -0.2) is 53.6 Å². The van der Waals surface area contributed by atoms with Crippen LogP contribution in [0, 0.1) is 5.92 Å². The summed E-state index contributed by atoms with van der Waals surface area (Å²) in [5.74, 6) is -1.72. The molecule has 1 heterocycles. The molecule has 1 saturated carbocycles. The van der Waals surface area contributed by atoms with E-state index in [9.17, 15) is 28.8 Å². The zero-order chi connectivity index (χ0) is 36.0.